The van der Waals surface area contributed by atoms with Crippen LogP contribution in [0.1, 0.15) is 18.4 Å². The number of carbonyl (C=O) groups is 2. The van der Waals surface area contributed by atoms with E-state index in [2.05, 4.69) is 10.2 Å². The Kier molecular flexibility index (Phi) is 9.42. The second-order valence-electron chi connectivity index (χ2n) is 8.09. The first-order chi connectivity index (χ1) is 16.4. The number of nitrogens with zero attached hydrogens (tertiary/aromatic N) is 2. The minimum atomic E-state index is -0.168. The Morgan fingerprint density at radius 2 is 1.68 bits per heavy atom. The number of hydrogen-bond acceptors (Lipinski definition) is 6. The van der Waals surface area contributed by atoms with Gasteiger partial charge in [0.25, 0.3) is 0 Å². The molecule has 9 heteroatoms. The van der Waals surface area contributed by atoms with E-state index < -0.39 is 0 Å². The molecule has 8 nitrogen and oxygen atoms in total. The zero-order chi connectivity index (χ0) is 24.5. The van der Waals surface area contributed by atoms with Crippen molar-refractivity contribution >= 4 is 29.1 Å². The van der Waals surface area contributed by atoms with Crippen LogP contribution in [0.2, 0.25) is 5.02 Å². The minimum Gasteiger partial charge on any atom is -0.497 e. The number of ether oxygens (including phenoxy) is 3. The molecular formula is C25H32ClN3O5. The lowest BCUT2D eigenvalue weighted by molar-refractivity contribution is -0.131. The van der Waals surface area contributed by atoms with Crippen LogP contribution in [0.25, 0.3) is 0 Å². The van der Waals surface area contributed by atoms with E-state index >= 15 is 0 Å². The van der Waals surface area contributed by atoms with Crippen LogP contribution in [0.3, 0.4) is 0 Å². The van der Waals surface area contributed by atoms with Crippen molar-refractivity contribution in [3.63, 3.8) is 0 Å². The van der Waals surface area contributed by atoms with E-state index in [0.29, 0.717) is 54.7 Å². The van der Waals surface area contributed by atoms with Crippen molar-refractivity contribution in [3.05, 3.63) is 47.0 Å². The Bertz CT molecular complexity index is 983. The molecule has 0 aromatic heterocycles. The highest BCUT2D eigenvalue weighted by molar-refractivity contribution is 6.32. The van der Waals surface area contributed by atoms with Gasteiger partial charge in [-0.15, -0.1) is 0 Å². The Morgan fingerprint density at radius 3 is 2.35 bits per heavy atom. The highest BCUT2D eigenvalue weighted by atomic mass is 35.5. The van der Waals surface area contributed by atoms with E-state index in [1.807, 2.05) is 29.2 Å². The van der Waals surface area contributed by atoms with Gasteiger partial charge in [-0.05, 0) is 36.6 Å². The third-order valence-corrected chi connectivity index (χ3v) is 6.14. The Labute approximate surface area is 205 Å². The van der Waals surface area contributed by atoms with Crippen molar-refractivity contribution in [2.45, 2.75) is 19.3 Å². The summed E-state index contributed by atoms with van der Waals surface area (Å²) in [7, 11) is 4.68. The number of rotatable bonds is 9. The molecule has 1 saturated heterocycles. The first kappa shape index (κ1) is 25.6. The fraction of sp³-hybridized carbons (Fsp3) is 0.440. The monoisotopic (exact) mass is 489 g/mol. The molecule has 0 radical (unpaired) electrons. The third-order valence-electron chi connectivity index (χ3n) is 5.84. The van der Waals surface area contributed by atoms with Crippen LogP contribution in [-0.4, -0.2) is 75.7 Å². The molecule has 3 rings (SSSR count). The Balaban J connectivity index is 1.48. The summed E-state index contributed by atoms with van der Waals surface area (Å²) < 4.78 is 15.7. The second kappa shape index (κ2) is 12.5. The molecule has 1 N–H and O–H groups in total. The average molecular weight is 490 g/mol. The molecule has 0 aliphatic carbocycles. The molecule has 0 unspecified atom stereocenters. The first-order valence-corrected chi connectivity index (χ1v) is 11.7. The summed E-state index contributed by atoms with van der Waals surface area (Å²) in [6, 6.07) is 11.0. The van der Waals surface area contributed by atoms with Gasteiger partial charge < -0.3 is 24.4 Å². The van der Waals surface area contributed by atoms with Crippen molar-refractivity contribution in [2.75, 3.05) is 59.4 Å². The fourth-order valence-electron chi connectivity index (χ4n) is 3.93. The number of nitrogens with one attached hydrogen (secondary N) is 1. The van der Waals surface area contributed by atoms with Gasteiger partial charge in [0.2, 0.25) is 11.8 Å². The fourth-order valence-corrected chi connectivity index (χ4v) is 4.17. The molecule has 0 atom stereocenters. The van der Waals surface area contributed by atoms with Gasteiger partial charge in [0.15, 0.2) is 0 Å². The molecule has 0 bridgehead atoms. The van der Waals surface area contributed by atoms with E-state index in [-0.39, 0.29) is 18.4 Å². The van der Waals surface area contributed by atoms with Gasteiger partial charge in [-0.25, -0.2) is 0 Å². The van der Waals surface area contributed by atoms with E-state index in [0.717, 1.165) is 24.3 Å². The first-order valence-electron chi connectivity index (χ1n) is 11.3. The van der Waals surface area contributed by atoms with Crippen molar-refractivity contribution < 1.29 is 23.8 Å². The maximum Gasteiger partial charge on any atom is 0.238 e. The van der Waals surface area contributed by atoms with Crippen molar-refractivity contribution in [1.82, 2.24) is 9.80 Å². The summed E-state index contributed by atoms with van der Waals surface area (Å²) in [4.78, 5) is 29.4. The number of anilines is 1. The molecule has 1 aliphatic rings. The molecule has 2 aromatic rings. The Morgan fingerprint density at radius 1 is 0.941 bits per heavy atom. The van der Waals surface area contributed by atoms with Crippen LogP contribution in [0.5, 0.6) is 17.2 Å². The summed E-state index contributed by atoms with van der Waals surface area (Å²) >= 11 is 6.19. The highest BCUT2D eigenvalue weighted by Crippen LogP contribution is 2.35. The predicted octanol–water partition coefficient (Wildman–Crippen LogP) is 3.47. The van der Waals surface area contributed by atoms with E-state index in [4.69, 9.17) is 25.8 Å². The largest absolute Gasteiger partial charge is 0.497 e. The van der Waals surface area contributed by atoms with Gasteiger partial charge in [-0.2, -0.15) is 0 Å². The molecule has 2 amide bonds. The van der Waals surface area contributed by atoms with Gasteiger partial charge in [0.1, 0.15) is 17.2 Å². The second-order valence-corrected chi connectivity index (χ2v) is 8.50. The molecule has 1 aliphatic heterocycles. The lowest BCUT2D eigenvalue weighted by Crippen LogP contribution is -2.38. The smallest absolute Gasteiger partial charge is 0.238 e. The standard InChI is InChI=1S/C25H32ClN3O5/c1-32-19-8-5-18(6-9-19)7-10-25(31)29-12-4-11-28(13-14-29)17-24(30)27-21-15-20(26)22(33-2)16-23(21)34-3/h5-6,8-9,15-16H,4,7,10-14,17H2,1-3H3,(H,27,30). The van der Waals surface area contributed by atoms with Crippen molar-refractivity contribution in [1.29, 1.82) is 0 Å². The number of aryl methyl sites for hydroxylation is 1. The summed E-state index contributed by atoms with van der Waals surface area (Å²) in [5, 5.41) is 3.25. The number of hydrogen-bond donors (Lipinski definition) is 1. The maximum absolute atomic E-state index is 12.7. The predicted molar refractivity (Wildman–Crippen MR) is 132 cm³/mol. The molecule has 0 saturated carbocycles. The van der Waals surface area contributed by atoms with E-state index in [9.17, 15) is 9.59 Å². The van der Waals surface area contributed by atoms with Gasteiger partial charge in [0, 0.05) is 38.7 Å². The number of carbonyl (C=O) groups excluding carboxylic acids is 2. The molecule has 184 valence electrons. The number of halogens is 1. The zero-order valence-electron chi connectivity index (χ0n) is 19.9. The van der Waals surface area contributed by atoms with E-state index in [1.54, 1.807) is 19.2 Å². The highest BCUT2D eigenvalue weighted by Gasteiger charge is 2.21. The average Bonchev–Trinajstić information content (AvgIpc) is 3.08. The number of benzene rings is 2. The summed E-state index contributed by atoms with van der Waals surface area (Å²) in [5.74, 6) is 1.72. The van der Waals surface area contributed by atoms with Crippen molar-refractivity contribution in [2.24, 2.45) is 0 Å². The molecule has 2 aromatic carbocycles. The maximum atomic E-state index is 12.7. The zero-order valence-corrected chi connectivity index (χ0v) is 20.7. The normalized spacial score (nSPS) is 14.3. The van der Waals surface area contributed by atoms with E-state index in [1.165, 1.54) is 14.2 Å². The van der Waals surface area contributed by atoms with Crippen molar-refractivity contribution in [3.8, 4) is 17.2 Å². The van der Waals surface area contributed by atoms with Gasteiger partial charge in [-0.1, -0.05) is 23.7 Å². The van der Waals surface area contributed by atoms with Gasteiger partial charge in [0.05, 0.1) is 38.6 Å². The molecular weight excluding hydrogens is 458 g/mol. The van der Waals surface area contributed by atoms with Gasteiger partial charge in [-0.3, -0.25) is 14.5 Å². The topological polar surface area (TPSA) is 80.3 Å². The SMILES string of the molecule is COc1ccc(CCC(=O)N2CCCN(CC(=O)Nc3cc(Cl)c(OC)cc3OC)CC2)cc1. The lowest BCUT2D eigenvalue weighted by atomic mass is 10.1. The number of methoxy groups -OCH3 is 3. The minimum absolute atomic E-state index is 0.139. The number of amides is 2. The van der Waals surface area contributed by atoms with Gasteiger partial charge >= 0.3 is 0 Å². The third kappa shape index (κ3) is 7.01. The lowest BCUT2D eigenvalue weighted by Gasteiger charge is -2.22. The van der Waals surface area contributed by atoms with Crippen LogP contribution in [0.15, 0.2) is 36.4 Å². The summed E-state index contributed by atoms with van der Waals surface area (Å²) in [6.45, 7) is 2.91. The van der Waals surface area contributed by atoms with Crippen LogP contribution >= 0.6 is 11.6 Å². The molecule has 34 heavy (non-hydrogen) atoms. The summed E-state index contributed by atoms with van der Waals surface area (Å²) in [5.41, 5.74) is 1.60. The summed E-state index contributed by atoms with van der Waals surface area (Å²) in [6.07, 6.45) is 1.97. The van der Waals surface area contributed by atoms with Crippen LogP contribution < -0.4 is 19.5 Å². The quantitative estimate of drug-likeness (QED) is 0.581. The van der Waals surface area contributed by atoms with Crippen LogP contribution in [0, 0.1) is 0 Å². The molecule has 0 spiro atoms. The van der Waals surface area contributed by atoms with Crippen LogP contribution in [0.4, 0.5) is 5.69 Å². The van der Waals surface area contributed by atoms with Crippen LogP contribution in [-0.2, 0) is 16.0 Å². The molecule has 1 fully saturated rings. The molecule has 1 heterocycles. The Hall–Kier alpha value is -2.97.